The molecule has 0 radical (unpaired) electrons. The van der Waals surface area contributed by atoms with Crippen LogP contribution in [0.4, 0.5) is 11.4 Å². The molecule has 210 valence electrons. The summed E-state index contributed by atoms with van der Waals surface area (Å²) < 4.78 is 17.3. The van der Waals surface area contributed by atoms with Gasteiger partial charge in [-0.3, -0.25) is 14.4 Å². The number of carbonyl (C=O) groups is 3. The molecule has 3 amide bonds. The van der Waals surface area contributed by atoms with Gasteiger partial charge in [-0.25, -0.2) is 5.43 Å². The van der Waals surface area contributed by atoms with Crippen molar-refractivity contribution in [2.45, 2.75) is 19.8 Å². The highest BCUT2D eigenvalue weighted by Crippen LogP contribution is 2.33. The first-order chi connectivity index (χ1) is 19.3. The highest BCUT2D eigenvalue weighted by atomic mass is 127. The molecular weight excluding hydrogens is 651 g/mol. The van der Waals surface area contributed by atoms with E-state index in [1.54, 1.807) is 60.7 Å². The lowest BCUT2D eigenvalue weighted by Gasteiger charge is -2.14. The monoisotopic (exact) mass is 678 g/mol. The molecule has 3 aromatic rings. The van der Waals surface area contributed by atoms with Gasteiger partial charge in [0.05, 0.1) is 34.2 Å². The van der Waals surface area contributed by atoms with Crippen molar-refractivity contribution in [1.29, 1.82) is 0 Å². The maximum absolute atomic E-state index is 12.3. The predicted molar refractivity (Wildman–Crippen MR) is 162 cm³/mol. The van der Waals surface area contributed by atoms with E-state index in [0.717, 1.165) is 12.8 Å². The Bertz CT molecular complexity index is 1370. The van der Waals surface area contributed by atoms with E-state index in [9.17, 15) is 14.4 Å². The highest BCUT2D eigenvalue weighted by Gasteiger charge is 2.15. The van der Waals surface area contributed by atoms with Crippen LogP contribution in [0.1, 0.15) is 25.3 Å². The lowest BCUT2D eigenvalue weighted by molar-refractivity contribution is -0.136. The molecule has 3 rings (SSSR count). The zero-order chi connectivity index (χ0) is 28.9. The maximum atomic E-state index is 12.3. The molecule has 12 heteroatoms. The van der Waals surface area contributed by atoms with E-state index < -0.39 is 17.7 Å². The van der Waals surface area contributed by atoms with Crippen LogP contribution < -0.4 is 30.3 Å². The normalized spacial score (nSPS) is 10.6. The van der Waals surface area contributed by atoms with Crippen LogP contribution in [0, 0.1) is 3.57 Å². The van der Waals surface area contributed by atoms with Gasteiger partial charge in [0.1, 0.15) is 5.75 Å². The van der Waals surface area contributed by atoms with Crippen LogP contribution in [0.5, 0.6) is 17.2 Å². The van der Waals surface area contributed by atoms with Gasteiger partial charge < -0.3 is 24.8 Å². The van der Waals surface area contributed by atoms with Gasteiger partial charge >= 0.3 is 11.8 Å². The Morgan fingerprint density at radius 1 is 1.00 bits per heavy atom. The molecule has 40 heavy (non-hydrogen) atoms. The van der Waals surface area contributed by atoms with Crippen molar-refractivity contribution in [3.8, 4) is 17.2 Å². The number of amides is 3. The van der Waals surface area contributed by atoms with Crippen LogP contribution in [0.15, 0.2) is 65.8 Å². The van der Waals surface area contributed by atoms with Crippen LogP contribution in [-0.4, -0.2) is 44.3 Å². The fraction of sp³-hybridized carbons (Fsp3) is 0.214. The quantitative estimate of drug-likeness (QED) is 0.0791. The first-order valence-electron chi connectivity index (χ1n) is 12.2. The van der Waals surface area contributed by atoms with Crippen molar-refractivity contribution >= 4 is 69.5 Å². The number of unbranched alkanes of at least 4 members (excludes halogenated alkanes) is 1. The van der Waals surface area contributed by atoms with Gasteiger partial charge in [-0.05, 0) is 83.1 Å². The summed E-state index contributed by atoms with van der Waals surface area (Å²) in [7, 11) is 1.46. The maximum Gasteiger partial charge on any atom is 0.329 e. The number of methoxy groups -OCH3 is 1. The number of rotatable bonds is 12. The number of ether oxygens (including phenoxy) is 3. The molecule has 0 aromatic heterocycles. The minimum absolute atomic E-state index is 0.273. The Balaban J connectivity index is 1.53. The summed E-state index contributed by atoms with van der Waals surface area (Å²) in [6.07, 6.45) is 3.34. The van der Waals surface area contributed by atoms with Gasteiger partial charge in [-0.2, -0.15) is 5.10 Å². The van der Waals surface area contributed by atoms with Gasteiger partial charge in [-0.15, -0.1) is 0 Å². The second-order valence-corrected chi connectivity index (χ2v) is 9.80. The lowest BCUT2D eigenvalue weighted by Crippen LogP contribution is -2.32. The van der Waals surface area contributed by atoms with E-state index in [-0.39, 0.29) is 6.61 Å². The molecular formula is C28H28ClIN4O6. The van der Waals surface area contributed by atoms with E-state index >= 15 is 0 Å². The molecule has 0 atom stereocenters. The number of halogens is 2. The summed E-state index contributed by atoms with van der Waals surface area (Å²) in [5.74, 6) is -0.811. The van der Waals surface area contributed by atoms with E-state index in [0.29, 0.717) is 49.4 Å². The van der Waals surface area contributed by atoms with Gasteiger partial charge in [0.25, 0.3) is 5.91 Å². The molecule has 0 fully saturated rings. The van der Waals surface area contributed by atoms with Crippen LogP contribution in [0.2, 0.25) is 5.02 Å². The van der Waals surface area contributed by atoms with Gasteiger partial charge in [0, 0.05) is 5.69 Å². The van der Waals surface area contributed by atoms with Crippen LogP contribution in [-0.2, 0) is 14.4 Å². The molecule has 3 N–H and O–H groups in total. The first-order valence-corrected chi connectivity index (χ1v) is 13.7. The van der Waals surface area contributed by atoms with Crippen LogP contribution in [0.25, 0.3) is 0 Å². The number of hydrazone groups is 1. The summed E-state index contributed by atoms with van der Waals surface area (Å²) in [6, 6.07) is 16.9. The molecule has 0 heterocycles. The van der Waals surface area contributed by atoms with Crippen LogP contribution >= 0.6 is 34.2 Å². The Hall–Kier alpha value is -3.84. The Morgan fingerprint density at radius 3 is 2.45 bits per heavy atom. The average molecular weight is 679 g/mol. The summed E-state index contributed by atoms with van der Waals surface area (Å²) in [4.78, 5) is 36.7. The van der Waals surface area contributed by atoms with Crippen LogP contribution in [0.3, 0.4) is 0 Å². The SMILES string of the molecule is CCCCOc1ccc(NC(=O)C(=O)N/N=C\c2cc(I)c(OCC(=O)Nc3ccccc3Cl)c(OC)c2)cc1. The minimum atomic E-state index is -0.939. The number of nitrogens with zero attached hydrogens (tertiary/aromatic N) is 1. The zero-order valence-corrected chi connectivity index (χ0v) is 24.7. The number of hydrogen-bond donors (Lipinski definition) is 3. The second-order valence-electron chi connectivity index (χ2n) is 8.23. The van der Waals surface area contributed by atoms with E-state index in [4.69, 9.17) is 25.8 Å². The fourth-order valence-corrected chi connectivity index (χ4v) is 4.18. The highest BCUT2D eigenvalue weighted by molar-refractivity contribution is 14.1. The molecule has 0 spiro atoms. The van der Waals surface area contributed by atoms with Gasteiger partial charge in [-0.1, -0.05) is 37.1 Å². The first kappa shape index (κ1) is 30.7. The van der Waals surface area contributed by atoms with E-state index in [2.05, 4.69) is 28.1 Å². The molecule has 3 aromatic carbocycles. The molecule has 10 nitrogen and oxygen atoms in total. The number of benzene rings is 3. The van der Waals surface area contributed by atoms with Crippen molar-refractivity contribution in [3.05, 3.63) is 74.8 Å². The number of anilines is 2. The molecule has 0 aliphatic rings. The van der Waals surface area contributed by atoms with Crippen molar-refractivity contribution in [1.82, 2.24) is 5.43 Å². The predicted octanol–water partition coefficient (Wildman–Crippen LogP) is 5.24. The number of carbonyl (C=O) groups excluding carboxylic acids is 3. The van der Waals surface area contributed by atoms with Crippen molar-refractivity contribution in [2.75, 3.05) is 31.0 Å². The summed E-state index contributed by atoms with van der Waals surface area (Å²) in [6.45, 7) is 2.42. The topological polar surface area (TPSA) is 127 Å². The zero-order valence-electron chi connectivity index (χ0n) is 21.8. The van der Waals surface area contributed by atoms with Crippen molar-refractivity contribution in [3.63, 3.8) is 0 Å². The number of nitrogens with one attached hydrogen (secondary N) is 3. The van der Waals surface area contributed by atoms with E-state index in [1.807, 2.05) is 22.6 Å². The van der Waals surface area contributed by atoms with E-state index in [1.165, 1.54) is 13.3 Å². The summed E-state index contributed by atoms with van der Waals surface area (Å²) >= 11 is 8.10. The number of hydrogen-bond acceptors (Lipinski definition) is 7. The molecule has 0 saturated carbocycles. The third kappa shape index (κ3) is 9.42. The second kappa shape index (κ2) is 15.7. The average Bonchev–Trinajstić information content (AvgIpc) is 2.94. The van der Waals surface area contributed by atoms with Gasteiger partial charge in [0.2, 0.25) is 0 Å². The molecule has 0 aliphatic carbocycles. The standard InChI is InChI=1S/C28H28ClIN4O6/c1-3-4-13-39-20-11-9-19(10-12-20)32-27(36)28(37)34-31-16-18-14-22(30)26(24(15-18)38-2)40-17-25(35)33-23-8-6-5-7-21(23)29/h5-12,14-16H,3-4,13,17H2,1-2H3,(H,32,36)(H,33,35)(H,34,37)/b31-16-. The summed E-state index contributed by atoms with van der Waals surface area (Å²) in [5.41, 5.74) is 3.68. The number of para-hydroxylation sites is 1. The third-order valence-electron chi connectivity index (χ3n) is 5.21. The Kier molecular flexibility index (Phi) is 12.0. The minimum Gasteiger partial charge on any atom is -0.494 e. The Labute approximate surface area is 250 Å². The lowest BCUT2D eigenvalue weighted by atomic mass is 10.2. The molecule has 0 aliphatic heterocycles. The Morgan fingerprint density at radius 2 is 1.75 bits per heavy atom. The molecule has 0 saturated heterocycles. The largest absolute Gasteiger partial charge is 0.494 e. The van der Waals surface area contributed by atoms with Gasteiger partial charge in [0.15, 0.2) is 18.1 Å². The van der Waals surface area contributed by atoms with Crippen molar-refractivity contribution < 1.29 is 28.6 Å². The third-order valence-corrected chi connectivity index (χ3v) is 6.34. The molecule has 0 unspecified atom stereocenters. The van der Waals surface area contributed by atoms with Crippen molar-refractivity contribution in [2.24, 2.45) is 5.10 Å². The smallest absolute Gasteiger partial charge is 0.329 e. The fourth-order valence-electron chi connectivity index (χ4n) is 3.21. The summed E-state index contributed by atoms with van der Waals surface area (Å²) in [5, 5.41) is 9.46. The molecule has 0 bridgehead atoms.